The van der Waals surface area contributed by atoms with Gasteiger partial charge in [-0.1, -0.05) is 49.3 Å². The lowest BCUT2D eigenvalue weighted by molar-refractivity contribution is 0.0936. The second kappa shape index (κ2) is 7.25. The number of amides is 1. The number of benzene rings is 1. The number of nitrogens with one attached hydrogen (secondary N) is 1. The molecule has 1 amide bonds. The zero-order valence-corrected chi connectivity index (χ0v) is 13.7. The molecule has 2 aromatic rings. The molecule has 1 aromatic heterocycles. The molecule has 4 nitrogen and oxygen atoms in total. The van der Waals surface area contributed by atoms with E-state index in [2.05, 4.69) is 24.3 Å². The Bertz CT molecular complexity index is 617. The predicted octanol–water partition coefficient (Wildman–Crippen LogP) is 4.20. The van der Waals surface area contributed by atoms with Gasteiger partial charge in [-0.25, -0.2) is 0 Å². The van der Waals surface area contributed by atoms with Crippen LogP contribution in [0, 0.1) is 12.8 Å². The van der Waals surface area contributed by atoms with Crippen LogP contribution < -0.4 is 5.32 Å². The first kappa shape index (κ1) is 16.3. The third-order valence-corrected chi connectivity index (χ3v) is 3.69. The van der Waals surface area contributed by atoms with E-state index >= 15 is 0 Å². The summed E-state index contributed by atoms with van der Waals surface area (Å²) in [5.41, 5.74) is 2.02. The molecule has 0 saturated carbocycles. The highest BCUT2D eigenvalue weighted by molar-refractivity contribution is 6.00. The Morgan fingerprint density at radius 3 is 2.50 bits per heavy atom. The summed E-state index contributed by atoms with van der Waals surface area (Å²) in [7, 11) is 0. The van der Waals surface area contributed by atoms with Gasteiger partial charge in [-0.15, -0.1) is 0 Å². The molecule has 0 bridgehead atoms. The van der Waals surface area contributed by atoms with E-state index in [1.165, 1.54) is 0 Å². The first-order chi connectivity index (χ1) is 10.5. The van der Waals surface area contributed by atoms with E-state index in [1.54, 1.807) is 6.92 Å². The SMILES string of the molecule is Cc1onc(-c2ccccc2)c1C(=O)NC(C)CCC(C)C. The van der Waals surface area contributed by atoms with Crippen LogP contribution in [0.5, 0.6) is 0 Å². The fourth-order valence-corrected chi connectivity index (χ4v) is 2.38. The maximum absolute atomic E-state index is 12.6. The zero-order chi connectivity index (χ0) is 16.1. The lowest BCUT2D eigenvalue weighted by atomic mass is 10.0. The van der Waals surface area contributed by atoms with Gasteiger partial charge in [-0.05, 0) is 32.6 Å². The smallest absolute Gasteiger partial charge is 0.257 e. The van der Waals surface area contributed by atoms with Crippen LogP contribution in [0.15, 0.2) is 34.9 Å². The number of hydrogen-bond donors (Lipinski definition) is 1. The van der Waals surface area contributed by atoms with Gasteiger partial charge in [0.1, 0.15) is 17.0 Å². The van der Waals surface area contributed by atoms with Crippen molar-refractivity contribution in [3.05, 3.63) is 41.7 Å². The maximum Gasteiger partial charge on any atom is 0.257 e. The summed E-state index contributed by atoms with van der Waals surface area (Å²) >= 11 is 0. The van der Waals surface area contributed by atoms with Crippen LogP contribution in [0.4, 0.5) is 0 Å². The molecule has 1 unspecified atom stereocenters. The van der Waals surface area contributed by atoms with Gasteiger partial charge in [0.05, 0.1) is 0 Å². The predicted molar refractivity (Wildman–Crippen MR) is 87.7 cm³/mol. The van der Waals surface area contributed by atoms with Gasteiger partial charge in [0.25, 0.3) is 5.91 Å². The summed E-state index contributed by atoms with van der Waals surface area (Å²) in [5, 5.41) is 7.10. The van der Waals surface area contributed by atoms with Crippen LogP contribution in [0.1, 0.15) is 49.7 Å². The van der Waals surface area contributed by atoms with Crippen molar-refractivity contribution in [3.63, 3.8) is 0 Å². The standard InChI is InChI=1S/C18H24N2O2/c1-12(2)10-11-13(3)19-18(21)16-14(4)22-20-17(16)15-8-6-5-7-9-15/h5-9,12-13H,10-11H2,1-4H3,(H,19,21). The van der Waals surface area contributed by atoms with Crippen molar-refractivity contribution in [1.29, 1.82) is 0 Å². The van der Waals surface area contributed by atoms with Crippen LogP contribution in [-0.2, 0) is 0 Å². The maximum atomic E-state index is 12.6. The summed E-state index contributed by atoms with van der Waals surface area (Å²) in [6.45, 7) is 8.18. The first-order valence-electron chi connectivity index (χ1n) is 7.81. The Kier molecular flexibility index (Phi) is 5.36. The molecule has 0 spiro atoms. The molecular weight excluding hydrogens is 276 g/mol. The Morgan fingerprint density at radius 1 is 1.18 bits per heavy atom. The zero-order valence-electron chi connectivity index (χ0n) is 13.7. The van der Waals surface area contributed by atoms with Gasteiger partial charge in [0.15, 0.2) is 0 Å². The van der Waals surface area contributed by atoms with E-state index in [1.807, 2.05) is 37.3 Å². The van der Waals surface area contributed by atoms with Crippen LogP contribution in [0.25, 0.3) is 11.3 Å². The number of carbonyl (C=O) groups excluding carboxylic acids is 1. The molecule has 1 atom stereocenters. The van der Waals surface area contributed by atoms with Crippen molar-refractivity contribution in [2.45, 2.75) is 46.6 Å². The molecule has 0 fully saturated rings. The van der Waals surface area contributed by atoms with Crippen LogP contribution in [0.3, 0.4) is 0 Å². The summed E-state index contributed by atoms with van der Waals surface area (Å²) in [6.07, 6.45) is 2.06. The normalized spacial score (nSPS) is 12.4. The molecular formula is C18H24N2O2. The number of nitrogens with zero attached hydrogens (tertiary/aromatic N) is 1. The summed E-state index contributed by atoms with van der Waals surface area (Å²) in [5.74, 6) is 1.07. The average Bonchev–Trinajstić information content (AvgIpc) is 2.88. The summed E-state index contributed by atoms with van der Waals surface area (Å²) in [4.78, 5) is 12.6. The van der Waals surface area contributed by atoms with Gasteiger partial charge in [-0.3, -0.25) is 4.79 Å². The summed E-state index contributed by atoms with van der Waals surface area (Å²) < 4.78 is 5.24. The third-order valence-electron chi connectivity index (χ3n) is 3.69. The summed E-state index contributed by atoms with van der Waals surface area (Å²) in [6, 6.07) is 9.77. The molecule has 2 rings (SSSR count). The van der Waals surface area contributed by atoms with E-state index < -0.39 is 0 Å². The van der Waals surface area contributed by atoms with Crippen molar-refractivity contribution in [2.75, 3.05) is 0 Å². The van der Waals surface area contributed by atoms with Crippen LogP contribution in [-0.4, -0.2) is 17.1 Å². The molecule has 0 radical (unpaired) electrons. The van der Waals surface area contributed by atoms with E-state index in [4.69, 9.17) is 4.52 Å². The Morgan fingerprint density at radius 2 is 1.86 bits per heavy atom. The Labute approximate surface area is 131 Å². The highest BCUT2D eigenvalue weighted by Gasteiger charge is 2.22. The molecule has 0 aliphatic heterocycles. The van der Waals surface area contributed by atoms with Crippen molar-refractivity contribution in [3.8, 4) is 11.3 Å². The second-order valence-corrected chi connectivity index (χ2v) is 6.17. The number of aromatic nitrogens is 1. The van der Waals surface area contributed by atoms with E-state index in [-0.39, 0.29) is 11.9 Å². The van der Waals surface area contributed by atoms with Crippen molar-refractivity contribution >= 4 is 5.91 Å². The molecule has 4 heteroatoms. The monoisotopic (exact) mass is 300 g/mol. The van der Waals surface area contributed by atoms with Gasteiger partial charge in [0.2, 0.25) is 0 Å². The van der Waals surface area contributed by atoms with Crippen molar-refractivity contribution in [2.24, 2.45) is 5.92 Å². The van der Waals surface area contributed by atoms with Gasteiger partial charge < -0.3 is 9.84 Å². The Balaban J connectivity index is 2.15. The first-order valence-corrected chi connectivity index (χ1v) is 7.81. The molecule has 1 N–H and O–H groups in total. The highest BCUT2D eigenvalue weighted by Crippen LogP contribution is 2.25. The molecule has 1 heterocycles. The quantitative estimate of drug-likeness (QED) is 0.869. The van der Waals surface area contributed by atoms with Gasteiger partial charge >= 0.3 is 0 Å². The molecule has 22 heavy (non-hydrogen) atoms. The third kappa shape index (κ3) is 3.97. The fraction of sp³-hybridized carbons (Fsp3) is 0.444. The lowest BCUT2D eigenvalue weighted by Gasteiger charge is -2.15. The minimum atomic E-state index is -0.117. The second-order valence-electron chi connectivity index (χ2n) is 6.17. The van der Waals surface area contributed by atoms with Crippen LogP contribution >= 0.6 is 0 Å². The fourth-order valence-electron chi connectivity index (χ4n) is 2.38. The molecule has 118 valence electrons. The number of aryl methyl sites for hydroxylation is 1. The lowest BCUT2D eigenvalue weighted by Crippen LogP contribution is -2.33. The number of carbonyl (C=O) groups is 1. The van der Waals surface area contributed by atoms with E-state index in [9.17, 15) is 4.79 Å². The van der Waals surface area contributed by atoms with Gasteiger partial charge in [-0.2, -0.15) is 0 Å². The molecule has 1 aromatic carbocycles. The van der Waals surface area contributed by atoms with Crippen molar-refractivity contribution < 1.29 is 9.32 Å². The van der Waals surface area contributed by atoms with E-state index in [0.29, 0.717) is 22.9 Å². The Hall–Kier alpha value is -2.10. The topological polar surface area (TPSA) is 55.1 Å². The largest absolute Gasteiger partial charge is 0.360 e. The minimum Gasteiger partial charge on any atom is -0.360 e. The highest BCUT2D eigenvalue weighted by atomic mass is 16.5. The number of hydrogen-bond acceptors (Lipinski definition) is 3. The minimum absolute atomic E-state index is 0.117. The molecule has 0 aliphatic rings. The number of rotatable bonds is 6. The average molecular weight is 300 g/mol. The van der Waals surface area contributed by atoms with Gasteiger partial charge in [0, 0.05) is 11.6 Å². The molecule has 0 saturated heterocycles. The molecule has 0 aliphatic carbocycles. The van der Waals surface area contributed by atoms with Crippen LogP contribution in [0.2, 0.25) is 0 Å². The van der Waals surface area contributed by atoms with Crippen molar-refractivity contribution in [1.82, 2.24) is 10.5 Å². The van der Waals surface area contributed by atoms with E-state index in [0.717, 1.165) is 18.4 Å².